The number of benzene rings is 2. The van der Waals surface area contributed by atoms with E-state index in [1.807, 2.05) is 30.3 Å². The highest BCUT2D eigenvalue weighted by Crippen LogP contribution is 2.34. The van der Waals surface area contributed by atoms with Crippen molar-refractivity contribution in [3.05, 3.63) is 64.0 Å². The topological polar surface area (TPSA) is 109 Å². The summed E-state index contributed by atoms with van der Waals surface area (Å²) in [5, 5.41) is 14.7. The summed E-state index contributed by atoms with van der Waals surface area (Å²) >= 11 is 6.39. The van der Waals surface area contributed by atoms with Crippen molar-refractivity contribution in [1.82, 2.24) is 5.32 Å². The van der Waals surface area contributed by atoms with Crippen molar-refractivity contribution in [2.75, 3.05) is 13.2 Å². The third-order valence-electron chi connectivity index (χ3n) is 6.01. The molecule has 8 heteroatoms. The molecule has 0 aliphatic heterocycles. The number of carbonyl (C=O) groups is 2. The van der Waals surface area contributed by atoms with Gasteiger partial charge in [0.05, 0.1) is 5.02 Å². The number of hydrogen-bond acceptors (Lipinski definition) is 6. The number of carbonyl (C=O) groups excluding carboxylic acids is 2. The first-order valence-electron chi connectivity index (χ1n) is 10.8. The zero-order chi connectivity index (χ0) is 23.4. The number of rotatable bonds is 7. The average Bonchev–Trinajstić information content (AvgIpc) is 2.82. The van der Waals surface area contributed by atoms with Gasteiger partial charge in [-0.3, -0.25) is 4.79 Å². The molecule has 0 unspecified atom stereocenters. The fourth-order valence-electron chi connectivity index (χ4n) is 4.19. The van der Waals surface area contributed by atoms with Crippen LogP contribution in [0.1, 0.15) is 25.7 Å². The van der Waals surface area contributed by atoms with Crippen LogP contribution in [0, 0.1) is 11.8 Å². The van der Waals surface area contributed by atoms with E-state index in [1.165, 1.54) is 12.1 Å². The lowest BCUT2D eigenvalue weighted by Gasteiger charge is -2.29. The summed E-state index contributed by atoms with van der Waals surface area (Å²) in [7, 11) is 0. The van der Waals surface area contributed by atoms with Gasteiger partial charge in [-0.15, -0.1) is 0 Å². The molecule has 2 aromatic carbocycles. The summed E-state index contributed by atoms with van der Waals surface area (Å²) < 4.78 is 10.9. The second-order valence-corrected chi connectivity index (χ2v) is 8.66. The van der Waals surface area contributed by atoms with Crippen molar-refractivity contribution in [2.24, 2.45) is 11.8 Å². The minimum Gasteiger partial charge on any atom is -0.550 e. The zero-order valence-corrected chi connectivity index (χ0v) is 18.6. The number of hydrogen-bond donors (Lipinski definition) is 1. The molecule has 1 fully saturated rings. The molecule has 0 atom stereocenters. The Hall–Kier alpha value is -3.32. The van der Waals surface area contributed by atoms with Gasteiger partial charge in [0, 0.05) is 30.0 Å². The Bertz CT molecular complexity index is 1210. The Balaban J connectivity index is 1.40. The molecule has 1 heterocycles. The average molecular weight is 469 g/mol. The fourth-order valence-corrected chi connectivity index (χ4v) is 4.40. The van der Waals surface area contributed by atoms with E-state index in [4.69, 9.17) is 20.8 Å². The van der Waals surface area contributed by atoms with Crippen molar-refractivity contribution in [2.45, 2.75) is 25.7 Å². The SMILES string of the molecule is O=C(COc1cc2oc(=O)cc(-c3ccccc3)c2cc1Cl)NCC1CCC(C(=O)[O-])CC1. The standard InChI is InChI=1S/C25H24ClNO6/c26-20-10-19-18(16-4-2-1-3-5-16)11-24(29)33-21(19)12-22(20)32-14-23(28)27-13-15-6-8-17(9-7-15)25(30)31/h1-5,10-12,15,17H,6-9,13-14H2,(H,27,28)(H,30,31)/p-1. The second kappa shape index (κ2) is 10.1. The summed E-state index contributed by atoms with van der Waals surface area (Å²) in [5.74, 6) is -1.23. The number of aliphatic carboxylic acids is 1. The molecular weight excluding hydrogens is 446 g/mol. The summed E-state index contributed by atoms with van der Waals surface area (Å²) in [4.78, 5) is 35.3. The molecule has 1 saturated carbocycles. The van der Waals surface area contributed by atoms with Crippen LogP contribution in [-0.2, 0) is 9.59 Å². The van der Waals surface area contributed by atoms with Crippen LogP contribution in [0.3, 0.4) is 0 Å². The monoisotopic (exact) mass is 468 g/mol. The van der Waals surface area contributed by atoms with E-state index in [2.05, 4.69) is 5.32 Å². The second-order valence-electron chi connectivity index (χ2n) is 8.25. The minimum atomic E-state index is -0.995. The molecule has 7 nitrogen and oxygen atoms in total. The first-order valence-corrected chi connectivity index (χ1v) is 11.2. The Morgan fingerprint density at radius 2 is 1.82 bits per heavy atom. The van der Waals surface area contributed by atoms with Crippen LogP contribution in [0.4, 0.5) is 0 Å². The Labute approximate surface area is 195 Å². The van der Waals surface area contributed by atoms with E-state index in [9.17, 15) is 19.5 Å². The number of halogens is 1. The van der Waals surface area contributed by atoms with Crippen LogP contribution in [0.15, 0.2) is 57.7 Å². The van der Waals surface area contributed by atoms with Gasteiger partial charge in [-0.2, -0.15) is 0 Å². The quantitative estimate of drug-likeness (QED) is 0.533. The van der Waals surface area contributed by atoms with Crippen molar-refractivity contribution >= 4 is 34.4 Å². The first-order chi connectivity index (χ1) is 15.9. The smallest absolute Gasteiger partial charge is 0.336 e. The molecular formula is C25H23ClNO6-. The van der Waals surface area contributed by atoms with Crippen molar-refractivity contribution in [3.63, 3.8) is 0 Å². The lowest BCUT2D eigenvalue weighted by atomic mass is 9.82. The normalized spacial score (nSPS) is 18.1. The molecule has 1 amide bonds. The number of nitrogens with one attached hydrogen (secondary N) is 1. The Kier molecular flexibility index (Phi) is 6.99. The van der Waals surface area contributed by atoms with E-state index >= 15 is 0 Å². The number of fused-ring (bicyclic) bond motifs is 1. The minimum absolute atomic E-state index is 0.236. The summed E-state index contributed by atoms with van der Waals surface area (Å²) in [6, 6.07) is 14.0. The van der Waals surface area contributed by atoms with Gasteiger partial charge < -0.3 is 24.4 Å². The molecule has 1 aromatic heterocycles. The van der Waals surface area contributed by atoms with Crippen LogP contribution in [-0.4, -0.2) is 25.0 Å². The molecule has 0 saturated heterocycles. The van der Waals surface area contributed by atoms with E-state index in [1.54, 1.807) is 6.07 Å². The molecule has 0 spiro atoms. The third kappa shape index (κ3) is 5.54. The zero-order valence-electron chi connectivity index (χ0n) is 17.8. The van der Waals surface area contributed by atoms with Gasteiger partial charge in [0.15, 0.2) is 6.61 Å². The van der Waals surface area contributed by atoms with Crippen LogP contribution in [0.25, 0.3) is 22.1 Å². The molecule has 4 rings (SSSR count). The van der Waals surface area contributed by atoms with Gasteiger partial charge in [-0.1, -0.05) is 41.9 Å². The first kappa shape index (κ1) is 22.9. The van der Waals surface area contributed by atoms with Crippen LogP contribution in [0.2, 0.25) is 5.02 Å². The van der Waals surface area contributed by atoms with Gasteiger partial charge in [0.1, 0.15) is 11.3 Å². The highest BCUT2D eigenvalue weighted by molar-refractivity contribution is 6.33. The molecule has 1 aliphatic rings. The maximum atomic E-state index is 12.2. The Morgan fingerprint density at radius 1 is 1.09 bits per heavy atom. The maximum absolute atomic E-state index is 12.2. The van der Waals surface area contributed by atoms with Crippen LogP contribution < -0.4 is 20.8 Å². The van der Waals surface area contributed by atoms with Crippen molar-refractivity contribution < 1.29 is 23.8 Å². The van der Waals surface area contributed by atoms with Gasteiger partial charge in [-0.25, -0.2) is 4.79 Å². The lowest BCUT2D eigenvalue weighted by molar-refractivity contribution is -0.312. The van der Waals surface area contributed by atoms with Gasteiger partial charge in [0.25, 0.3) is 5.91 Å². The largest absolute Gasteiger partial charge is 0.550 e. The van der Waals surface area contributed by atoms with Gasteiger partial charge >= 0.3 is 5.63 Å². The lowest BCUT2D eigenvalue weighted by Crippen LogP contribution is -2.37. The number of amides is 1. The molecule has 1 N–H and O–H groups in total. The summed E-state index contributed by atoms with van der Waals surface area (Å²) in [6.45, 7) is 0.213. The molecule has 172 valence electrons. The number of ether oxygens (including phenoxy) is 1. The van der Waals surface area contributed by atoms with Crippen molar-refractivity contribution in [3.8, 4) is 16.9 Å². The molecule has 0 bridgehead atoms. The highest BCUT2D eigenvalue weighted by Gasteiger charge is 2.22. The molecule has 0 radical (unpaired) electrons. The summed E-state index contributed by atoms with van der Waals surface area (Å²) in [6.07, 6.45) is 2.61. The van der Waals surface area contributed by atoms with Crippen LogP contribution >= 0.6 is 11.6 Å². The van der Waals surface area contributed by atoms with Gasteiger partial charge in [-0.05, 0) is 54.7 Å². The third-order valence-corrected chi connectivity index (χ3v) is 6.30. The molecule has 33 heavy (non-hydrogen) atoms. The van der Waals surface area contributed by atoms with E-state index in [0.29, 0.717) is 40.9 Å². The maximum Gasteiger partial charge on any atom is 0.336 e. The fraction of sp³-hybridized carbons (Fsp3) is 0.320. The molecule has 1 aliphatic carbocycles. The van der Waals surface area contributed by atoms with E-state index in [-0.39, 0.29) is 24.2 Å². The van der Waals surface area contributed by atoms with E-state index in [0.717, 1.165) is 18.4 Å². The van der Waals surface area contributed by atoms with E-state index < -0.39 is 17.5 Å². The number of carboxylic acid groups (broad SMARTS) is 1. The van der Waals surface area contributed by atoms with Crippen molar-refractivity contribution in [1.29, 1.82) is 0 Å². The highest BCUT2D eigenvalue weighted by atomic mass is 35.5. The number of carboxylic acids is 1. The predicted molar refractivity (Wildman–Crippen MR) is 122 cm³/mol. The predicted octanol–water partition coefficient (Wildman–Crippen LogP) is 3.16. The van der Waals surface area contributed by atoms with Gasteiger partial charge in [0.2, 0.25) is 0 Å². The van der Waals surface area contributed by atoms with Crippen LogP contribution in [0.5, 0.6) is 5.75 Å². The molecule has 3 aromatic rings. The summed E-state index contributed by atoms with van der Waals surface area (Å²) in [5.41, 5.74) is 1.36. The Morgan fingerprint density at radius 3 is 2.52 bits per heavy atom.